The number of hydrogen-bond donors (Lipinski definition) is 0. The Labute approximate surface area is 180 Å². The van der Waals surface area contributed by atoms with Crippen LogP contribution in [0.15, 0.2) is 81.5 Å². The van der Waals surface area contributed by atoms with Gasteiger partial charge in [0.05, 0.1) is 11.4 Å². The van der Waals surface area contributed by atoms with E-state index < -0.39 is 0 Å². The zero-order valence-electron chi connectivity index (χ0n) is 17.2. The molecule has 1 amide bonds. The van der Waals surface area contributed by atoms with Crippen molar-refractivity contribution >= 4 is 29.1 Å². The second-order valence-corrected chi connectivity index (χ2v) is 8.49. The summed E-state index contributed by atoms with van der Waals surface area (Å²) in [5.74, 6) is -0.339. The molecule has 1 heterocycles. The van der Waals surface area contributed by atoms with Crippen LogP contribution in [0.2, 0.25) is 0 Å². The predicted molar refractivity (Wildman–Crippen MR) is 121 cm³/mol. The van der Waals surface area contributed by atoms with E-state index in [2.05, 4.69) is 0 Å². The van der Waals surface area contributed by atoms with E-state index in [-0.39, 0.29) is 17.8 Å². The van der Waals surface area contributed by atoms with Crippen molar-refractivity contribution in [3.8, 4) is 0 Å². The van der Waals surface area contributed by atoms with Gasteiger partial charge in [0.15, 0.2) is 0 Å². The van der Waals surface area contributed by atoms with Gasteiger partial charge in [0, 0.05) is 39.1 Å². The van der Waals surface area contributed by atoms with E-state index in [4.69, 9.17) is 4.99 Å². The number of benzene rings is 3. The molecule has 1 aliphatic rings. The first-order valence-electron chi connectivity index (χ1n) is 10.1. The second-order valence-electron chi connectivity index (χ2n) is 7.41. The molecule has 3 aromatic carbocycles. The van der Waals surface area contributed by atoms with Gasteiger partial charge in [-0.3, -0.25) is 4.79 Å². The highest BCUT2D eigenvalue weighted by atomic mass is 32.2. The van der Waals surface area contributed by atoms with Gasteiger partial charge in [-0.2, -0.15) is 0 Å². The van der Waals surface area contributed by atoms with Crippen molar-refractivity contribution in [2.24, 2.45) is 4.99 Å². The van der Waals surface area contributed by atoms with Gasteiger partial charge in [-0.15, -0.1) is 0 Å². The Balaban J connectivity index is 1.88. The van der Waals surface area contributed by atoms with Gasteiger partial charge < -0.3 is 4.90 Å². The van der Waals surface area contributed by atoms with Gasteiger partial charge in [-0.1, -0.05) is 42.1 Å². The maximum absolute atomic E-state index is 14.7. The summed E-state index contributed by atoms with van der Waals surface area (Å²) in [5.41, 5.74) is 3.19. The van der Waals surface area contributed by atoms with Crippen molar-refractivity contribution in [3.05, 3.63) is 89.2 Å². The third-order valence-electron chi connectivity index (χ3n) is 5.15. The summed E-state index contributed by atoms with van der Waals surface area (Å²) >= 11 is 1.59. The van der Waals surface area contributed by atoms with Crippen molar-refractivity contribution in [3.63, 3.8) is 0 Å². The minimum Gasteiger partial charge on any atom is -0.337 e. The first-order chi connectivity index (χ1) is 14.5. The van der Waals surface area contributed by atoms with Gasteiger partial charge in [0.1, 0.15) is 5.82 Å². The Kier molecular flexibility index (Phi) is 5.73. The van der Waals surface area contributed by atoms with Crippen LogP contribution in [0.25, 0.3) is 0 Å². The molecule has 0 bridgehead atoms. The van der Waals surface area contributed by atoms with Crippen LogP contribution in [0.3, 0.4) is 0 Å². The molecular formula is C25H23FN2OS. The first kappa shape index (κ1) is 20.4. The Hall–Kier alpha value is -2.92. The summed E-state index contributed by atoms with van der Waals surface area (Å²) in [6.45, 7) is 6.62. The highest BCUT2D eigenvalue weighted by Gasteiger charge is 2.23. The Morgan fingerprint density at radius 1 is 1.00 bits per heavy atom. The lowest BCUT2D eigenvalue weighted by molar-refractivity contribution is 0.0717. The van der Waals surface area contributed by atoms with E-state index in [1.54, 1.807) is 23.9 Å². The van der Waals surface area contributed by atoms with E-state index in [0.717, 1.165) is 15.4 Å². The number of carbonyl (C=O) groups is 1. The SMILES string of the molecule is CCN(C(=O)c1ccc2c(c1)N=C(c1ccccc1F)c1ccccc1S2)C(C)C. The van der Waals surface area contributed by atoms with Crippen molar-refractivity contribution in [1.82, 2.24) is 4.90 Å². The van der Waals surface area contributed by atoms with Crippen LogP contribution in [0, 0.1) is 5.82 Å². The molecule has 0 N–H and O–H groups in total. The average Bonchev–Trinajstić information content (AvgIpc) is 2.90. The zero-order chi connectivity index (χ0) is 21.3. The van der Waals surface area contributed by atoms with Gasteiger partial charge in [-0.25, -0.2) is 9.38 Å². The minimum atomic E-state index is -0.316. The van der Waals surface area contributed by atoms with Crippen molar-refractivity contribution < 1.29 is 9.18 Å². The monoisotopic (exact) mass is 418 g/mol. The highest BCUT2D eigenvalue weighted by molar-refractivity contribution is 7.99. The number of carbonyl (C=O) groups excluding carboxylic acids is 1. The molecule has 4 rings (SSSR count). The van der Waals surface area contributed by atoms with Crippen LogP contribution in [-0.4, -0.2) is 29.1 Å². The van der Waals surface area contributed by atoms with Crippen LogP contribution in [0.4, 0.5) is 10.1 Å². The molecule has 0 fully saturated rings. The molecule has 0 radical (unpaired) electrons. The maximum atomic E-state index is 14.7. The largest absolute Gasteiger partial charge is 0.337 e. The summed E-state index contributed by atoms with van der Waals surface area (Å²) in [7, 11) is 0. The standard InChI is InChI=1S/C25H23FN2OS/c1-4-28(16(2)3)25(29)17-13-14-23-21(15-17)27-24(18-9-5-7-11-20(18)26)19-10-6-8-12-22(19)30-23/h5-16H,4H2,1-3H3. The van der Waals surface area contributed by atoms with Gasteiger partial charge >= 0.3 is 0 Å². The fraction of sp³-hybridized carbons (Fsp3) is 0.200. The van der Waals surface area contributed by atoms with Crippen molar-refractivity contribution in [2.45, 2.75) is 36.6 Å². The summed E-state index contributed by atoms with van der Waals surface area (Å²) in [5, 5.41) is 0. The highest BCUT2D eigenvalue weighted by Crippen LogP contribution is 2.42. The van der Waals surface area contributed by atoms with Crippen molar-refractivity contribution in [1.29, 1.82) is 0 Å². The van der Waals surface area contributed by atoms with Crippen molar-refractivity contribution in [2.75, 3.05) is 6.54 Å². The number of fused-ring (bicyclic) bond motifs is 2. The fourth-order valence-corrected chi connectivity index (χ4v) is 4.65. The normalized spacial score (nSPS) is 12.6. The third-order valence-corrected chi connectivity index (χ3v) is 6.30. The summed E-state index contributed by atoms with van der Waals surface area (Å²) < 4.78 is 14.7. The van der Waals surface area contributed by atoms with E-state index in [9.17, 15) is 9.18 Å². The molecule has 0 saturated heterocycles. The molecular weight excluding hydrogens is 395 g/mol. The number of halogens is 1. The summed E-state index contributed by atoms with van der Waals surface area (Å²) in [4.78, 5) is 21.7. The van der Waals surface area contributed by atoms with E-state index in [0.29, 0.717) is 29.1 Å². The molecule has 30 heavy (non-hydrogen) atoms. The van der Waals surface area contributed by atoms with E-state index >= 15 is 0 Å². The number of amides is 1. The molecule has 0 spiro atoms. The summed E-state index contributed by atoms with van der Waals surface area (Å²) in [6.07, 6.45) is 0. The van der Waals surface area contributed by atoms with Crippen LogP contribution < -0.4 is 0 Å². The molecule has 3 aromatic rings. The van der Waals surface area contributed by atoms with Crippen LogP contribution in [0.1, 0.15) is 42.3 Å². The third kappa shape index (κ3) is 3.77. The lowest BCUT2D eigenvalue weighted by Gasteiger charge is -2.25. The maximum Gasteiger partial charge on any atom is 0.254 e. The molecule has 0 saturated carbocycles. The summed E-state index contributed by atoms with van der Waals surface area (Å²) in [6, 6.07) is 20.3. The van der Waals surface area contributed by atoms with E-state index in [1.165, 1.54) is 6.07 Å². The van der Waals surface area contributed by atoms with E-state index in [1.807, 2.05) is 74.2 Å². The number of rotatable bonds is 4. The molecule has 0 aromatic heterocycles. The zero-order valence-corrected chi connectivity index (χ0v) is 18.0. The number of aliphatic imine (C=N–C) groups is 1. The Morgan fingerprint density at radius 3 is 2.40 bits per heavy atom. The first-order valence-corrected chi connectivity index (χ1v) is 10.9. The average molecular weight is 419 g/mol. The molecule has 3 nitrogen and oxygen atoms in total. The Bertz CT molecular complexity index is 1140. The predicted octanol–water partition coefficient (Wildman–Crippen LogP) is 6.33. The number of nitrogens with zero attached hydrogens (tertiary/aromatic N) is 2. The lowest BCUT2D eigenvalue weighted by Crippen LogP contribution is -2.36. The smallest absolute Gasteiger partial charge is 0.254 e. The fourth-order valence-electron chi connectivity index (χ4n) is 3.64. The molecule has 0 atom stereocenters. The molecule has 152 valence electrons. The van der Waals surface area contributed by atoms with Crippen LogP contribution in [-0.2, 0) is 0 Å². The molecule has 0 aliphatic carbocycles. The van der Waals surface area contributed by atoms with Crippen LogP contribution in [0.5, 0.6) is 0 Å². The molecule has 1 aliphatic heterocycles. The molecule has 0 unspecified atom stereocenters. The minimum absolute atomic E-state index is 0.0234. The second kappa shape index (κ2) is 8.44. The van der Waals surface area contributed by atoms with Gasteiger partial charge in [-0.05, 0) is 57.2 Å². The van der Waals surface area contributed by atoms with Gasteiger partial charge in [0.2, 0.25) is 0 Å². The molecule has 5 heteroatoms. The topological polar surface area (TPSA) is 32.7 Å². The number of hydrogen-bond acceptors (Lipinski definition) is 3. The quantitative estimate of drug-likeness (QED) is 0.388. The lowest BCUT2D eigenvalue weighted by atomic mass is 10.0. The van der Waals surface area contributed by atoms with Gasteiger partial charge in [0.25, 0.3) is 5.91 Å². The van der Waals surface area contributed by atoms with Crippen LogP contribution >= 0.6 is 11.8 Å². The Morgan fingerprint density at radius 2 is 1.70 bits per heavy atom.